The van der Waals surface area contributed by atoms with Crippen molar-refractivity contribution in [2.45, 2.75) is 19.9 Å². The van der Waals surface area contributed by atoms with Crippen LogP contribution in [0.1, 0.15) is 17.0 Å². The summed E-state index contributed by atoms with van der Waals surface area (Å²) >= 11 is 0. The Kier molecular flexibility index (Phi) is 4.71. The number of furan rings is 1. The number of aryl methyl sites for hydroxylation is 1. The molecule has 0 radical (unpaired) electrons. The van der Waals surface area contributed by atoms with E-state index in [4.69, 9.17) is 18.1 Å². The van der Waals surface area contributed by atoms with Gasteiger partial charge in [-0.1, -0.05) is 12.1 Å². The molecule has 0 saturated heterocycles. The molecule has 0 amide bonds. The number of ether oxygens (including phenoxy) is 1. The lowest BCUT2D eigenvalue weighted by atomic mass is 10.2. The minimum Gasteiger partial charge on any atom is -0.493 e. The third-order valence-electron chi connectivity index (χ3n) is 4.11. The number of oxazole rings is 1. The first-order chi connectivity index (χ1) is 13.6. The van der Waals surface area contributed by atoms with Crippen LogP contribution in [-0.2, 0) is 13.0 Å². The maximum atomic E-state index is 11.5. The van der Waals surface area contributed by atoms with Gasteiger partial charge < -0.3 is 18.1 Å². The molecule has 0 bridgehead atoms. The number of hydrogen-bond donors (Lipinski definition) is 1. The lowest BCUT2D eigenvalue weighted by Gasteiger charge is -2.06. The number of hydrogen-bond acceptors (Lipinski definition) is 7. The number of benzene rings is 1. The van der Waals surface area contributed by atoms with Gasteiger partial charge in [0.05, 0.1) is 25.1 Å². The van der Waals surface area contributed by atoms with Crippen LogP contribution in [0.25, 0.3) is 11.7 Å². The first-order valence-corrected chi connectivity index (χ1v) is 8.61. The van der Waals surface area contributed by atoms with Crippen LogP contribution in [0, 0.1) is 6.92 Å². The van der Waals surface area contributed by atoms with Crippen LogP contribution < -0.4 is 16.2 Å². The van der Waals surface area contributed by atoms with Crippen LogP contribution in [-0.4, -0.2) is 21.3 Å². The molecule has 1 N–H and O–H groups in total. The van der Waals surface area contributed by atoms with Crippen LogP contribution >= 0.6 is 0 Å². The molecule has 0 atom stereocenters. The molecule has 4 rings (SSSR count). The molecule has 0 unspecified atom stereocenters. The van der Waals surface area contributed by atoms with E-state index in [1.165, 1.54) is 0 Å². The second kappa shape index (κ2) is 7.47. The predicted octanol–water partition coefficient (Wildman–Crippen LogP) is 2.36. The minimum absolute atomic E-state index is 0.158. The van der Waals surface area contributed by atoms with Gasteiger partial charge in [0, 0.05) is 6.42 Å². The summed E-state index contributed by atoms with van der Waals surface area (Å²) < 4.78 is 22.4. The summed E-state index contributed by atoms with van der Waals surface area (Å²) in [5.41, 5.74) is 1.03. The molecule has 28 heavy (non-hydrogen) atoms. The summed E-state index contributed by atoms with van der Waals surface area (Å²) in [4.78, 5) is 28.9. The van der Waals surface area contributed by atoms with Gasteiger partial charge in [-0.15, -0.1) is 4.74 Å². The number of rotatable bonds is 7. The number of H-pyrrole nitrogens is 1. The molecule has 3 aromatic heterocycles. The minimum atomic E-state index is -0.775. The van der Waals surface area contributed by atoms with E-state index in [0.29, 0.717) is 30.4 Å². The molecule has 3 heterocycles. The Morgan fingerprint density at radius 3 is 2.68 bits per heavy atom. The standard InChI is InChI=1S/C19H17N3O6/c1-12-15(20-17(27-12)16-3-2-9-26-16)8-10-25-14-6-4-13(5-7-14)11-22-18(23)21-19(24)28-22/h2-7,9H,8,10-11H2,1H3,(H,21,23,24). The quantitative estimate of drug-likeness (QED) is 0.521. The number of nitrogens with zero attached hydrogens (tertiary/aromatic N) is 2. The zero-order valence-corrected chi connectivity index (χ0v) is 15.0. The summed E-state index contributed by atoms with van der Waals surface area (Å²) in [6, 6.07) is 10.7. The Bertz CT molecular complexity index is 1160. The van der Waals surface area contributed by atoms with E-state index >= 15 is 0 Å². The van der Waals surface area contributed by atoms with Crippen LogP contribution in [0.15, 0.2) is 65.6 Å². The third-order valence-corrected chi connectivity index (χ3v) is 4.11. The molecule has 0 aliphatic rings. The number of nitrogens with one attached hydrogen (secondary N) is 1. The molecular weight excluding hydrogens is 366 g/mol. The highest BCUT2D eigenvalue weighted by Crippen LogP contribution is 2.22. The summed E-state index contributed by atoms with van der Waals surface area (Å²) in [6.45, 7) is 2.44. The lowest BCUT2D eigenvalue weighted by molar-refractivity contribution is 0.258. The van der Waals surface area contributed by atoms with E-state index < -0.39 is 11.4 Å². The molecule has 9 heteroatoms. The summed E-state index contributed by atoms with van der Waals surface area (Å²) in [5.74, 6) is 1.67. The van der Waals surface area contributed by atoms with Gasteiger partial charge in [-0.3, -0.25) is 0 Å². The average Bonchev–Trinajstić information content (AvgIpc) is 3.39. The normalized spacial score (nSPS) is 11.0. The monoisotopic (exact) mass is 383 g/mol. The molecule has 0 saturated carbocycles. The lowest BCUT2D eigenvalue weighted by Crippen LogP contribution is -2.17. The van der Waals surface area contributed by atoms with E-state index in [9.17, 15) is 9.59 Å². The fourth-order valence-corrected chi connectivity index (χ4v) is 2.71. The Morgan fingerprint density at radius 2 is 2.00 bits per heavy atom. The van der Waals surface area contributed by atoms with Gasteiger partial charge in [0.2, 0.25) is 0 Å². The molecule has 0 fully saturated rings. The van der Waals surface area contributed by atoms with E-state index in [2.05, 4.69) is 4.98 Å². The molecule has 9 nitrogen and oxygen atoms in total. The van der Waals surface area contributed by atoms with Gasteiger partial charge in [0.15, 0.2) is 5.76 Å². The van der Waals surface area contributed by atoms with Gasteiger partial charge >= 0.3 is 11.4 Å². The van der Waals surface area contributed by atoms with Crippen molar-refractivity contribution < 1.29 is 18.1 Å². The van der Waals surface area contributed by atoms with Crippen LogP contribution in [0.4, 0.5) is 0 Å². The highest BCUT2D eigenvalue weighted by Gasteiger charge is 2.13. The predicted molar refractivity (Wildman–Crippen MR) is 97.3 cm³/mol. The van der Waals surface area contributed by atoms with Crippen molar-refractivity contribution in [3.8, 4) is 17.4 Å². The fourth-order valence-electron chi connectivity index (χ4n) is 2.71. The van der Waals surface area contributed by atoms with Crippen molar-refractivity contribution in [1.82, 2.24) is 14.7 Å². The van der Waals surface area contributed by atoms with Crippen LogP contribution in [0.3, 0.4) is 0 Å². The van der Waals surface area contributed by atoms with Crippen LogP contribution in [0.5, 0.6) is 5.75 Å². The first-order valence-electron chi connectivity index (χ1n) is 8.61. The van der Waals surface area contributed by atoms with E-state index in [0.717, 1.165) is 21.8 Å². The molecule has 1 aromatic carbocycles. The SMILES string of the molecule is Cc1oc(-c2ccco2)nc1CCOc1ccc(Cn2oc(=O)[nH]c2=O)cc1. The van der Waals surface area contributed by atoms with Crippen molar-refractivity contribution in [3.05, 3.63) is 80.7 Å². The summed E-state index contributed by atoms with van der Waals surface area (Å²) in [5, 5.41) is 0. The maximum Gasteiger partial charge on any atom is 0.440 e. The maximum absolute atomic E-state index is 11.5. The van der Waals surface area contributed by atoms with Gasteiger partial charge in [-0.25, -0.2) is 19.6 Å². The van der Waals surface area contributed by atoms with Gasteiger partial charge in [-0.2, -0.15) is 0 Å². The molecule has 0 aliphatic heterocycles. The summed E-state index contributed by atoms with van der Waals surface area (Å²) in [6.07, 6.45) is 2.16. The zero-order valence-electron chi connectivity index (χ0n) is 15.0. The van der Waals surface area contributed by atoms with Gasteiger partial charge in [-0.05, 0) is 36.8 Å². The highest BCUT2D eigenvalue weighted by molar-refractivity contribution is 5.44. The topological polar surface area (TPSA) is 116 Å². The van der Waals surface area contributed by atoms with Crippen molar-refractivity contribution >= 4 is 0 Å². The largest absolute Gasteiger partial charge is 0.493 e. The highest BCUT2D eigenvalue weighted by atomic mass is 16.5. The smallest absolute Gasteiger partial charge is 0.440 e. The van der Waals surface area contributed by atoms with Gasteiger partial charge in [0.25, 0.3) is 5.89 Å². The number of aromatic nitrogens is 3. The first kappa shape index (κ1) is 17.7. The Labute approximate surface area is 158 Å². The molecule has 144 valence electrons. The van der Waals surface area contributed by atoms with Crippen LogP contribution in [0.2, 0.25) is 0 Å². The zero-order chi connectivity index (χ0) is 19.5. The molecule has 4 aromatic rings. The molecule has 0 aliphatic carbocycles. The average molecular weight is 383 g/mol. The third kappa shape index (κ3) is 3.83. The van der Waals surface area contributed by atoms with E-state index in [-0.39, 0.29) is 6.54 Å². The van der Waals surface area contributed by atoms with Crippen molar-refractivity contribution in [2.24, 2.45) is 0 Å². The van der Waals surface area contributed by atoms with Crippen molar-refractivity contribution in [1.29, 1.82) is 0 Å². The molecular formula is C19H17N3O6. The molecule has 0 spiro atoms. The van der Waals surface area contributed by atoms with Crippen molar-refractivity contribution in [3.63, 3.8) is 0 Å². The Morgan fingerprint density at radius 1 is 1.18 bits per heavy atom. The fraction of sp³-hybridized carbons (Fsp3) is 0.211. The second-order valence-electron chi connectivity index (χ2n) is 6.09. The van der Waals surface area contributed by atoms with Gasteiger partial charge in [0.1, 0.15) is 11.5 Å². The Hall–Kier alpha value is -3.75. The summed E-state index contributed by atoms with van der Waals surface area (Å²) in [7, 11) is 0. The second-order valence-corrected chi connectivity index (χ2v) is 6.09. The van der Waals surface area contributed by atoms with E-state index in [1.807, 2.05) is 11.9 Å². The van der Waals surface area contributed by atoms with E-state index in [1.54, 1.807) is 42.7 Å². The van der Waals surface area contributed by atoms with Crippen molar-refractivity contribution in [2.75, 3.05) is 6.61 Å². The number of aromatic amines is 1. The Balaban J connectivity index is 1.34.